The van der Waals surface area contributed by atoms with E-state index in [1.54, 1.807) is 12.1 Å². The first-order chi connectivity index (χ1) is 11.9. The maximum Gasteiger partial charge on any atom is 0.329 e. The third kappa shape index (κ3) is 5.12. The average molecular weight is 362 g/mol. The van der Waals surface area contributed by atoms with Crippen LogP contribution in [-0.2, 0) is 9.59 Å². The molecule has 5 nitrogen and oxygen atoms in total. The van der Waals surface area contributed by atoms with Gasteiger partial charge in [-0.25, -0.2) is 9.82 Å². The molecular formula is C18H17ClFN3O2. The molecule has 0 saturated heterocycles. The number of halogens is 2. The summed E-state index contributed by atoms with van der Waals surface area (Å²) >= 11 is 5.83. The van der Waals surface area contributed by atoms with Crippen molar-refractivity contribution in [1.82, 2.24) is 5.43 Å². The minimum Gasteiger partial charge on any atom is -0.318 e. The predicted molar refractivity (Wildman–Crippen MR) is 96.3 cm³/mol. The molecule has 25 heavy (non-hydrogen) atoms. The van der Waals surface area contributed by atoms with E-state index in [-0.39, 0.29) is 10.6 Å². The second kappa shape index (κ2) is 8.39. The fourth-order valence-corrected chi connectivity index (χ4v) is 2.19. The number of carbonyl (C=O) groups is 2. The van der Waals surface area contributed by atoms with E-state index in [0.717, 1.165) is 11.8 Å². The largest absolute Gasteiger partial charge is 0.329 e. The van der Waals surface area contributed by atoms with E-state index in [1.165, 1.54) is 18.2 Å². The molecule has 0 heterocycles. The monoisotopic (exact) mass is 361 g/mol. The third-order valence-electron chi connectivity index (χ3n) is 3.40. The quantitative estimate of drug-likeness (QED) is 0.495. The summed E-state index contributed by atoms with van der Waals surface area (Å²) in [6.45, 7) is 4.11. The Morgan fingerprint density at radius 2 is 1.80 bits per heavy atom. The average Bonchev–Trinajstić information content (AvgIpc) is 2.57. The van der Waals surface area contributed by atoms with Crippen LogP contribution in [0.1, 0.15) is 30.9 Å². The van der Waals surface area contributed by atoms with Crippen molar-refractivity contribution < 1.29 is 14.0 Å². The minimum absolute atomic E-state index is 0.0224. The van der Waals surface area contributed by atoms with Gasteiger partial charge in [0, 0.05) is 11.3 Å². The molecule has 0 radical (unpaired) electrons. The zero-order valence-electron chi connectivity index (χ0n) is 13.7. The summed E-state index contributed by atoms with van der Waals surface area (Å²) in [5, 5.41) is 6.15. The Hall–Kier alpha value is -2.73. The summed E-state index contributed by atoms with van der Waals surface area (Å²) in [4.78, 5) is 23.5. The van der Waals surface area contributed by atoms with Gasteiger partial charge in [-0.1, -0.05) is 43.6 Å². The number of hydrazone groups is 1. The Kier molecular flexibility index (Phi) is 6.25. The van der Waals surface area contributed by atoms with Crippen LogP contribution in [0, 0.1) is 5.82 Å². The summed E-state index contributed by atoms with van der Waals surface area (Å²) in [5.74, 6) is -2.07. The van der Waals surface area contributed by atoms with E-state index in [1.807, 2.05) is 17.6 Å². The van der Waals surface area contributed by atoms with Crippen molar-refractivity contribution in [3.63, 3.8) is 0 Å². The molecule has 2 N–H and O–H groups in total. The van der Waals surface area contributed by atoms with Crippen molar-refractivity contribution in [2.75, 3.05) is 5.32 Å². The summed E-state index contributed by atoms with van der Waals surface area (Å²) in [6, 6.07) is 11.3. The number of hydrogen-bond donors (Lipinski definition) is 2. The number of amides is 2. The fourth-order valence-electron chi connectivity index (χ4n) is 1.98. The molecule has 2 rings (SSSR count). The molecule has 7 heteroatoms. The number of anilines is 1. The molecule has 2 aromatic carbocycles. The lowest BCUT2D eigenvalue weighted by atomic mass is 10.0. The molecule has 130 valence electrons. The van der Waals surface area contributed by atoms with E-state index in [9.17, 15) is 14.0 Å². The molecule has 0 saturated carbocycles. The molecule has 0 fully saturated rings. The molecule has 0 aliphatic heterocycles. The van der Waals surface area contributed by atoms with Crippen LogP contribution >= 0.6 is 11.6 Å². The highest BCUT2D eigenvalue weighted by molar-refractivity contribution is 6.39. The molecule has 0 atom stereocenters. The maximum absolute atomic E-state index is 13.5. The van der Waals surface area contributed by atoms with Crippen LogP contribution < -0.4 is 10.7 Å². The van der Waals surface area contributed by atoms with Gasteiger partial charge < -0.3 is 5.32 Å². The van der Waals surface area contributed by atoms with E-state index in [0.29, 0.717) is 11.6 Å². The van der Waals surface area contributed by atoms with E-state index in [2.05, 4.69) is 24.3 Å². The lowest BCUT2D eigenvalue weighted by Gasteiger charge is -2.07. The molecule has 0 aliphatic carbocycles. The van der Waals surface area contributed by atoms with Gasteiger partial charge in [0.05, 0.1) is 11.2 Å². The Balaban J connectivity index is 1.94. The van der Waals surface area contributed by atoms with Gasteiger partial charge in [-0.05, 0) is 35.7 Å². The number of hydrogen-bond acceptors (Lipinski definition) is 3. The third-order valence-corrected chi connectivity index (χ3v) is 3.73. The minimum atomic E-state index is -0.975. The van der Waals surface area contributed by atoms with Crippen LogP contribution in [0.2, 0.25) is 5.02 Å². The second-order valence-corrected chi connectivity index (χ2v) is 5.97. The summed E-state index contributed by atoms with van der Waals surface area (Å²) in [6.07, 6.45) is 1.04. The SMILES string of the molecule is CC(C)c1ccc(NC(=O)C(=O)N/N=C/c2c(F)cccc2Cl)cc1. The van der Waals surface area contributed by atoms with Crippen LogP contribution in [-0.4, -0.2) is 18.0 Å². The molecule has 0 unspecified atom stereocenters. The van der Waals surface area contributed by atoms with Gasteiger partial charge in [0.15, 0.2) is 0 Å². The van der Waals surface area contributed by atoms with E-state index >= 15 is 0 Å². The van der Waals surface area contributed by atoms with Gasteiger partial charge in [0.25, 0.3) is 0 Å². The van der Waals surface area contributed by atoms with E-state index < -0.39 is 17.6 Å². The highest BCUT2D eigenvalue weighted by Crippen LogP contribution is 2.17. The zero-order valence-corrected chi connectivity index (χ0v) is 14.5. The summed E-state index contributed by atoms with van der Waals surface area (Å²) < 4.78 is 13.5. The maximum atomic E-state index is 13.5. The molecule has 0 aromatic heterocycles. The standard InChI is InChI=1S/C18H17ClFN3O2/c1-11(2)12-6-8-13(9-7-12)22-17(24)18(25)23-21-10-14-15(19)4-3-5-16(14)20/h3-11H,1-2H3,(H,22,24)(H,23,25)/b21-10+. The van der Waals surface area contributed by atoms with Gasteiger partial charge in [0.1, 0.15) is 5.82 Å². The fraction of sp³-hybridized carbons (Fsp3) is 0.167. The number of carbonyl (C=O) groups excluding carboxylic acids is 2. The second-order valence-electron chi connectivity index (χ2n) is 5.57. The van der Waals surface area contributed by atoms with Crippen LogP contribution in [0.3, 0.4) is 0 Å². The van der Waals surface area contributed by atoms with Crippen LogP contribution in [0.25, 0.3) is 0 Å². The molecule has 0 bridgehead atoms. The first-order valence-electron chi connectivity index (χ1n) is 7.57. The van der Waals surface area contributed by atoms with Gasteiger partial charge in [0.2, 0.25) is 0 Å². The molecule has 0 spiro atoms. The molecule has 0 aliphatic rings. The predicted octanol–water partition coefficient (Wildman–Crippen LogP) is 3.69. The van der Waals surface area contributed by atoms with Crippen molar-refractivity contribution in [3.8, 4) is 0 Å². The zero-order chi connectivity index (χ0) is 18.4. The van der Waals surface area contributed by atoms with Crippen molar-refractivity contribution >= 4 is 35.3 Å². The Morgan fingerprint density at radius 1 is 1.12 bits per heavy atom. The van der Waals surface area contributed by atoms with Crippen molar-refractivity contribution in [1.29, 1.82) is 0 Å². The normalized spacial score (nSPS) is 10.9. The van der Waals surface area contributed by atoms with Crippen LogP contribution in [0.4, 0.5) is 10.1 Å². The van der Waals surface area contributed by atoms with Crippen molar-refractivity contribution in [2.45, 2.75) is 19.8 Å². The van der Waals surface area contributed by atoms with E-state index in [4.69, 9.17) is 11.6 Å². The van der Waals surface area contributed by atoms with Gasteiger partial charge in [-0.3, -0.25) is 9.59 Å². The lowest BCUT2D eigenvalue weighted by Crippen LogP contribution is -2.32. The first-order valence-corrected chi connectivity index (χ1v) is 7.94. The Labute approximate surface area is 149 Å². The van der Waals surface area contributed by atoms with Gasteiger partial charge >= 0.3 is 11.8 Å². The number of nitrogens with zero attached hydrogens (tertiary/aromatic N) is 1. The Bertz CT molecular complexity index is 784. The summed E-state index contributed by atoms with van der Waals surface area (Å²) in [5.41, 5.74) is 3.66. The molecule has 2 aromatic rings. The van der Waals surface area contributed by atoms with Crippen molar-refractivity contribution in [3.05, 3.63) is 64.4 Å². The molecule has 2 amide bonds. The highest BCUT2D eigenvalue weighted by atomic mass is 35.5. The van der Waals surface area contributed by atoms with Gasteiger partial charge in [-0.2, -0.15) is 5.10 Å². The highest BCUT2D eigenvalue weighted by Gasteiger charge is 2.13. The smallest absolute Gasteiger partial charge is 0.318 e. The van der Waals surface area contributed by atoms with Crippen LogP contribution in [0.15, 0.2) is 47.6 Å². The molecular weight excluding hydrogens is 345 g/mol. The van der Waals surface area contributed by atoms with Crippen LogP contribution in [0.5, 0.6) is 0 Å². The summed E-state index contributed by atoms with van der Waals surface area (Å²) in [7, 11) is 0. The Morgan fingerprint density at radius 3 is 2.40 bits per heavy atom. The van der Waals surface area contributed by atoms with Gasteiger partial charge in [-0.15, -0.1) is 0 Å². The van der Waals surface area contributed by atoms with Crippen molar-refractivity contribution in [2.24, 2.45) is 5.10 Å². The lowest BCUT2D eigenvalue weighted by molar-refractivity contribution is -0.136. The number of nitrogens with one attached hydrogen (secondary N) is 2. The number of benzene rings is 2. The number of rotatable bonds is 4. The first kappa shape index (κ1) is 18.6. The topological polar surface area (TPSA) is 70.6 Å².